The fourth-order valence-corrected chi connectivity index (χ4v) is 3.72. The number of amides is 1. The van der Waals surface area contributed by atoms with Crippen LogP contribution in [0.2, 0.25) is 0 Å². The van der Waals surface area contributed by atoms with Crippen molar-refractivity contribution in [2.75, 3.05) is 0 Å². The van der Waals surface area contributed by atoms with Gasteiger partial charge in [-0.3, -0.25) is 9.59 Å². The predicted molar refractivity (Wildman–Crippen MR) is 109 cm³/mol. The summed E-state index contributed by atoms with van der Waals surface area (Å²) in [6, 6.07) is 15.2. The van der Waals surface area contributed by atoms with Crippen LogP contribution in [0.5, 0.6) is 0 Å². The van der Waals surface area contributed by atoms with Crippen molar-refractivity contribution in [3.63, 3.8) is 0 Å². The molecule has 4 aromatic rings. The van der Waals surface area contributed by atoms with Crippen LogP contribution in [0.4, 0.5) is 4.39 Å². The monoisotopic (exact) mass is 389 g/mol. The summed E-state index contributed by atoms with van der Waals surface area (Å²) in [5.74, 6) is -0.00177. The van der Waals surface area contributed by atoms with Crippen LogP contribution in [0, 0.1) is 11.7 Å². The molecule has 5 nitrogen and oxygen atoms in total. The summed E-state index contributed by atoms with van der Waals surface area (Å²) in [7, 11) is 0. The Kier molecular flexibility index (Phi) is 4.19. The minimum Gasteiger partial charge on any atom is -0.348 e. The maximum atomic E-state index is 13.0. The van der Waals surface area contributed by atoms with Gasteiger partial charge in [-0.05, 0) is 66.8 Å². The molecule has 0 unspecified atom stereocenters. The average Bonchev–Trinajstić information content (AvgIpc) is 3.42. The minimum absolute atomic E-state index is 0.0294. The Morgan fingerprint density at radius 2 is 1.83 bits per heavy atom. The van der Waals surface area contributed by atoms with Crippen LogP contribution >= 0.6 is 0 Å². The molecule has 5 rings (SSSR count). The van der Waals surface area contributed by atoms with Gasteiger partial charge in [0, 0.05) is 24.8 Å². The second-order valence-corrected chi connectivity index (χ2v) is 7.64. The molecule has 146 valence electrons. The van der Waals surface area contributed by atoms with E-state index in [0.29, 0.717) is 30.1 Å². The van der Waals surface area contributed by atoms with Crippen LogP contribution in [-0.2, 0) is 13.1 Å². The number of fused-ring (bicyclic) bond motifs is 3. The number of aromatic nitrogens is 2. The Balaban J connectivity index is 1.51. The maximum absolute atomic E-state index is 13.0. The topological polar surface area (TPSA) is 55.5 Å². The average molecular weight is 389 g/mol. The van der Waals surface area contributed by atoms with Gasteiger partial charge in [0.15, 0.2) is 0 Å². The first-order valence-electron chi connectivity index (χ1n) is 9.76. The van der Waals surface area contributed by atoms with Gasteiger partial charge < -0.3 is 14.3 Å². The number of hydrogen-bond donors (Lipinski definition) is 1. The molecule has 0 aliphatic heterocycles. The number of carbonyl (C=O) groups excluding carboxylic acids is 1. The van der Waals surface area contributed by atoms with E-state index >= 15 is 0 Å². The van der Waals surface area contributed by atoms with Gasteiger partial charge in [-0.25, -0.2) is 4.39 Å². The van der Waals surface area contributed by atoms with Crippen LogP contribution in [0.25, 0.3) is 16.6 Å². The van der Waals surface area contributed by atoms with Crippen LogP contribution < -0.4 is 10.9 Å². The quantitative estimate of drug-likeness (QED) is 0.565. The number of nitrogens with one attached hydrogen (secondary N) is 1. The third kappa shape index (κ3) is 3.31. The maximum Gasteiger partial charge on any atom is 0.275 e. The van der Waals surface area contributed by atoms with Crippen molar-refractivity contribution in [3.05, 3.63) is 88.1 Å². The Morgan fingerprint density at radius 1 is 1.03 bits per heavy atom. The number of carbonyl (C=O) groups is 1. The minimum atomic E-state index is -0.306. The zero-order chi connectivity index (χ0) is 20.0. The molecule has 6 heteroatoms. The molecular formula is C23H20FN3O2. The van der Waals surface area contributed by atoms with Gasteiger partial charge in [0.05, 0.1) is 11.0 Å². The molecule has 1 aliphatic rings. The lowest BCUT2D eigenvalue weighted by Crippen LogP contribution is -2.25. The molecule has 0 atom stereocenters. The van der Waals surface area contributed by atoms with E-state index in [9.17, 15) is 14.0 Å². The summed E-state index contributed by atoms with van der Waals surface area (Å²) < 4.78 is 16.7. The fourth-order valence-electron chi connectivity index (χ4n) is 3.72. The largest absolute Gasteiger partial charge is 0.348 e. The summed E-state index contributed by atoms with van der Waals surface area (Å²) in [6.07, 6.45) is 4.14. The van der Waals surface area contributed by atoms with Crippen molar-refractivity contribution < 1.29 is 9.18 Å². The van der Waals surface area contributed by atoms with E-state index in [0.717, 1.165) is 29.4 Å². The van der Waals surface area contributed by atoms with Gasteiger partial charge in [-0.1, -0.05) is 12.1 Å². The first-order valence-corrected chi connectivity index (χ1v) is 9.76. The molecule has 2 aromatic carbocycles. The van der Waals surface area contributed by atoms with Crippen molar-refractivity contribution in [2.45, 2.75) is 25.9 Å². The smallest absolute Gasteiger partial charge is 0.275 e. The second kappa shape index (κ2) is 6.88. The Morgan fingerprint density at radius 3 is 2.59 bits per heavy atom. The first-order chi connectivity index (χ1) is 14.1. The van der Waals surface area contributed by atoms with E-state index in [1.165, 1.54) is 12.1 Å². The number of hydrogen-bond acceptors (Lipinski definition) is 2. The number of benzene rings is 2. The summed E-state index contributed by atoms with van der Waals surface area (Å²) in [6.45, 7) is 0.986. The molecule has 1 aliphatic carbocycles. The summed E-state index contributed by atoms with van der Waals surface area (Å²) in [5.41, 5.74) is 3.60. The van der Waals surface area contributed by atoms with E-state index in [1.54, 1.807) is 28.8 Å². The third-order valence-electron chi connectivity index (χ3n) is 5.50. The van der Waals surface area contributed by atoms with Gasteiger partial charge >= 0.3 is 0 Å². The lowest BCUT2D eigenvalue weighted by molar-refractivity contribution is 0.0951. The Bertz CT molecular complexity index is 1280. The molecule has 2 heterocycles. The lowest BCUT2D eigenvalue weighted by atomic mass is 10.1. The van der Waals surface area contributed by atoms with E-state index in [1.807, 2.05) is 28.8 Å². The molecule has 0 spiro atoms. The second-order valence-electron chi connectivity index (χ2n) is 7.64. The molecule has 0 bridgehead atoms. The van der Waals surface area contributed by atoms with Crippen LogP contribution in [0.1, 0.15) is 28.8 Å². The van der Waals surface area contributed by atoms with Gasteiger partial charge in [0.1, 0.15) is 11.3 Å². The molecule has 1 N–H and O–H groups in total. The van der Waals surface area contributed by atoms with Crippen molar-refractivity contribution in [2.24, 2.45) is 5.92 Å². The molecule has 29 heavy (non-hydrogen) atoms. The van der Waals surface area contributed by atoms with Crippen molar-refractivity contribution in [1.82, 2.24) is 14.3 Å². The van der Waals surface area contributed by atoms with E-state index in [4.69, 9.17) is 0 Å². The van der Waals surface area contributed by atoms with E-state index < -0.39 is 0 Å². The normalized spacial score (nSPS) is 13.8. The van der Waals surface area contributed by atoms with Gasteiger partial charge in [0.25, 0.3) is 11.5 Å². The zero-order valence-corrected chi connectivity index (χ0v) is 15.8. The SMILES string of the molecule is O=C(NCc1ccc(F)cc1)c1ccc2c(c1)n(CC1CC1)c(=O)c1cccn12. The zero-order valence-electron chi connectivity index (χ0n) is 15.8. The molecule has 0 saturated heterocycles. The van der Waals surface area contributed by atoms with Crippen molar-refractivity contribution in [1.29, 1.82) is 0 Å². The standard InChI is InChI=1S/C23H20FN3O2/c24-18-8-5-15(6-9-18)13-25-22(28)17-7-10-19-21(12-17)27(14-16-3-4-16)23(29)20-2-1-11-26(19)20/h1-2,5-12,16H,3-4,13-14H2,(H,25,28). The van der Waals surface area contributed by atoms with Crippen LogP contribution in [0.3, 0.4) is 0 Å². The van der Waals surface area contributed by atoms with Crippen LogP contribution in [0.15, 0.2) is 65.6 Å². The highest BCUT2D eigenvalue weighted by Gasteiger charge is 2.24. The Hall–Kier alpha value is -3.41. The van der Waals surface area contributed by atoms with Gasteiger partial charge in [-0.2, -0.15) is 0 Å². The molecule has 0 radical (unpaired) electrons. The molecule has 1 amide bonds. The number of rotatable bonds is 5. The number of halogens is 1. The fraction of sp³-hybridized carbons (Fsp3) is 0.217. The van der Waals surface area contributed by atoms with Gasteiger partial charge in [0.2, 0.25) is 0 Å². The molecule has 1 fully saturated rings. The first kappa shape index (κ1) is 17.7. The number of nitrogens with zero attached hydrogens (tertiary/aromatic N) is 2. The predicted octanol–water partition coefficient (Wildman–Crippen LogP) is 3.73. The van der Waals surface area contributed by atoms with E-state index in [-0.39, 0.29) is 17.3 Å². The molecule has 1 saturated carbocycles. The third-order valence-corrected chi connectivity index (χ3v) is 5.50. The highest BCUT2D eigenvalue weighted by Crippen LogP contribution is 2.31. The van der Waals surface area contributed by atoms with E-state index in [2.05, 4.69) is 5.32 Å². The molecular weight excluding hydrogens is 369 g/mol. The van der Waals surface area contributed by atoms with Crippen molar-refractivity contribution in [3.8, 4) is 0 Å². The highest BCUT2D eigenvalue weighted by molar-refractivity contribution is 5.97. The summed E-state index contributed by atoms with van der Waals surface area (Å²) in [4.78, 5) is 25.7. The lowest BCUT2D eigenvalue weighted by Gasteiger charge is -2.14. The van der Waals surface area contributed by atoms with Gasteiger partial charge in [-0.15, -0.1) is 0 Å². The Labute approximate surface area is 166 Å². The van der Waals surface area contributed by atoms with Crippen LogP contribution in [-0.4, -0.2) is 14.9 Å². The molecule has 2 aromatic heterocycles. The highest BCUT2D eigenvalue weighted by atomic mass is 19.1. The summed E-state index contributed by atoms with van der Waals surface area (Å²) >= 11 is 0. The summed E-state index contributed by atoms with van der Waals surface area (Å²) in [5, 5.41) is 2.86. The van der Waals surface area contributed by atoms with Crippen molar-refractivity contribution >= 4 is 22.5 Å².